The Morgan fingerprint density at radius 1 is 1.00 bits per heavy atom. The van der Waals surface area contributed by atoms with Crippen molar-refractivity contribution >= 4 is 11.6 Å². The quantitative estimate of drug-likeness (QED) is 0.874. The minimum absolute atomic E-state index is 0.622. The molecule has 2 rings (SSSR count). The van der Waals surface area contributed by atoms with Crippen LogP contribution < -0.4 is 5.73 Å². The van der Waals surface area contributed by atoms with E-state index in [1.54, 1.807) is 0 Å². The Balaban J connectivity index is 2.39. The minimum Gasteiger partial charge on any atom is -0.330 e. The van der Waals surface area contributed by atoms with Crippen molar-refractivity contribution < 1.29 is 0 Å². The Kier molecular flexibility index (Phi) is 3.82. The minimum atomic E-state index is 0.622. The van der Waals surface area contributed by atoms with Crippen LogP contribution in [0.4, 0.5) is 0 Å². The van der Waals surface area contributed by atoms with Crippen LogP contribution in [0.5, 0.6) is 0 Å². The van der Waals surface area contributed by atoms with Crippen molar-refractivity contribution in [3.63, 3.8) is 0 Å². The van der Waals surface area contributed by atoms with Gasteiger partial charge in [0.2, 0.25) is 0 Å². The highest BCUT2D eigenvalue weighted by atomic mass is 35.5. The second-order valence-corrected chi connectivity index (χ2v) is 4.62. The van der Waals surface area contributed by atoms with E-state index < -0.39 is 0 Å². The highest BCUT2D eigenvalue weighted by molar-refractivity contribution is 6.31. The fraction of sp³-hybridized carbons (Fsp3) is 0.200. The molecule has 0 unspecified atom stereocenters. The molecule has 1 nitrogen and oxygen atoms in total. The van der Waals surface area contributed by atoms with Crippen molar-refractivity contribution in [1.82, 2.24) is 0 Å². The summed E-state index contributed by atoms with van der Waals surface area (Å²) in [6, 6.07) is 14.6. The number of hydrogen-bond acceptors (Lipinski definition) is 1. The van der Waals surface area contributed by atoms with E-state index in [-0.39, 0.29) is 0 Å². The van der Waals surface area contributed by atoms with Crippen LogP contribution in [0.1, 0.15) is 11.1 Å². The van der Waals surface area contributed by atoms with Gasteiger partial charge in [-0.25, -0.2) is 0 Å². The Morgan fingerprint density at radius 2 is 1.65 bits per heavy atom. The predicted octanol–water partition coefficient (Wildman–Crippen LogP) is 3.82. The molecule has 0 heterocycles. The first-order valence-electron chi connectivity index (χ1n) is 5.76. The zero-order chi connectivity index (χ0) is 12.3. The summed E-state index contributed by atoms with van der Waals surface area (Å²) in [4.78, 5) is 0. The molecule has 0 aliphatic rings. The van der Waals surface area contributed by atoms with Crippen LogP contribution >= 0.6 is 11.6 Å². The second-order valence-electron chi connectivity index (χ2n) is 4.21. The highest BCUT2D eigenvalue weighted by Gasteiger charge is 2.03. The van der Waals surface area contributed by atoms with Gasteiger partial charge in [0.15, 0.2) is 0 Å². The number of rotatable bonds is 3. The summed E-state index contributed by atoms with van der Waals surface area (Å²) >= 11 is 6.13. The normalized spacial score (nSPS) is 10.5. The smallest absolute Gasteiger partial charge is 0.0438 e. The van der Waals surface area contributed by atoms with Crippen LogP contribution in [-0.4, -0.2) is 6.54 Å². The summed E-state index contributed by atoms with van der Waals surface area (Å²) in [6.07, 6.45) is 0.818. The fourth-order valence-electron chi connectivity index (χ4n) is 1.85. The molecule has 2 aromatic carbocycles. The average Bonchev–Trinajstić information content (AvgIpc) is 2.33. The van der Waals surface area contributed by atoms with E-state index in [9.17, 15) is 0 Å². The third kappa shape index (κ3) is 2.87. The third-order valence-corrected chi connectivity index (χ3v) is 3.21. The molecular weight excluding hydrogens is 230 g/mol. The molecule has 0 aliphatic heterocycles. The highest BCUT2D eigenvalue weighted by Crippen LogP contribution is 2.25. The van der Waals surface area contributed by atoms with Crippen molar-refractivity contribution in [3.05, 3.63) is 58.6 Å². The molecule has 2 N–H and O–H groups in total. The van der Waals surface area contributed by atoms with Gasteiger partial charge in [-0.05, 0) is 48.7 Å². The van der Waals surface area contributed by atoms with Gasteiger partial charge < -0.3 is 5.73 Å². The lowest BCUT2D eigenvalue weighted by Gasteiger charge is -2.07. The van der Waals surface area contributed by atoms with Gasteiger partial charge >= 0.3 is 0 Å². The SMILES string of the molecule is Cc1ccc(-c2ccc(Cl)c(CCN)c2)cc1. The Morgan fingerprint density at radius 3 is 2.29 bits per heavy atom. The number of benzene rings is 2. The maximum absolute atomic E-state index is 6.13. The Bertz CT molecular complexity index is 503. The fourth-order valence-corrected chi connectivity index (χ4v) is 2.06. The molecule has 0 saturated heterocycles. The number of nitrogens with two attached hydrogens (primary N) is 1. The predicted molar refractivity (Wildman–Crippen MR) is 74.4 cm³/mol. The van der Waals surface area contributed by atoms with Crippen LogP contribution in [-0.2, 0) is 6.42 Å². The van der Waals surface area contributed by atoms with E-state index >= 15 is 0 Å². The Labute approximate surface area is 107 Å². The van der Waals surface area contributed by atoms with E-state index in [1.807, 2.05) is 12.1 Å². The molecular formula is C15H16ClN. The first-order valence-corrected chi connectivity index (χ1v) is 6.14. The molecule has 0 spiro atoms. The largest absolute Gasteiger partial charge is 0.330 e. The van der Waals surface area contributed by atoms with Crippen molar-refractivity contribution in [2.24, 2.45) is 5.73 Å². The lowest BCUT2D eigenvalue weighted by Crippen LogP contribution is -2.03. The van der Waals surface area contributed by atoms with Gasteiger partial charge in [0.1, 0.15) is 0 Å². The van der Waals surface area contributed by atoms with Gasteiger partial charge in [0.05, 0.1) is 0 Å². The van der Waals surface area contributed by atoms with Crippen molar-refractivity contribution in [3.8, 4) is 11.1 Å². The van der Waals surface area contributed by atoms with Crippen LogP contribution in [0.15, 0.2) is 42.5 Å². The first kappa shape index (κ1) is 12.2. The van der Waals surface area contributed by atoms with E-state index in [0.717, 1.165) is 17.0 Å². The molecule has 0 saturated carbocycles. The van der Waals surface area contributed by atoms with Gasteiger partial charge in [0, 0.05) is 5.02 Å². The summed E-state index contributed by atoms with van der Waals surface area (Å²) in [7, 11) is 0. The molecule has 0 amide bonds. The van der Waals surface area contributed by atoms with Gasteiger partial charge in [-0.1, -0.05) is 47.5 Å². The topological polar surface area (TPSA) is 26.0 Å². The van der Waals surface area contributed by atoms with Crippen LogP contribution in [0.3, 0.4) is 0 Å². The molecule has 2 heteroatoms. The summed E-state index contributed by atoms with van der Waals surface area (Å²) in [5, 5.41) is 0.798. The summed E-state index contributed by atoms with van der Waals surface area (Å²) in [5.41, 5.74) is 10.4. The lowest BCUT2D eigenvalue weighted by atomic mass is 10.0. The molecule has 2 aromatic rings. The van der Waals surface area contributed by atoms with Crippen molar-refractivity contribution in [1.29, 1.82) is 0 Å². The summed E-state index contributed by atoms with van der Waals surface area (Å²) in [5.74, 6) is 0. The average molecular weight is 246 g/mol. The molecule has 88 valence electrons. The molecule has 0 aliphatic carbocycles. The van der Waals surface area contributed by atoms with Gasteiger partial charge in [0.25, 0.3) is 0 Å². The molecule has 0 aromatic heterocycles. The second kappa shape index (κ2) is 5.35. The summed E-state index contributed by atoms with van der Waals surface area (Å²) in [6.45, 7) is 2.71. The lowest BCUT2D eigenvalue weighted by molar-refractivity contribution is 0.969. The van der Waals surface area contributed by atoms with Crippen molar-refractivity contribution in [2.75, 3.05) is 6.54 Å². The van der Waals surface area contributed by atoms with Crippen LogP contribution in [0.25, 0.3) is 11.1 Å². The van der Waals surface area contributed by atoms with Gasteiger partial charge in [-0.15, -0.1) is 0 Å². The Hall–Kier alpha value is -1.31. The van der Waals surface area contributed by atoms with Gasteiger partial charge in [-0.2, -0.15) is 0 Å². The standard InChI is InChI=1S/C15H16ClN/c1-11-2-4-12(5-3-11)13-6-7-15(16)14(10-13)8-9-17/h2-7,10H,8-9,17H2,1H3. The van der Waals surface area contributed by atoms with Crippen LogP contribution in [0, 0.1) is 6.92 Å². The maximum Gasteiger partial charge on any atom is 0.0438 e. The van der Waals surface area contributed by atoms with E-state index in [0.29, 0.717) is 6.54 Å². The van der Waals surface area contributed by atoms with E-state index in [2.05, 4.69) is 37.3 Å². The monoisotopic (exact) mass is 245 g/mol. The zero-order valence-electron chi connectivity index (χ0n) is 9.91. The molecule has 0 radical (unpaired) electrons. The summed E-state index contributed by atoms with van der Waals surface area (Å²) < 4.78 is 0. The van der Waals surface area contributed by atoms with Crippen molar-refractivity contribution in [2.45, 2.75) is 13.3 Å². The number of hydrogen-bond donors (Lipinski definition) is 1. The van der Waals surface area contributed by atoms with E-state index in [1.165, 1.54) is 16.7 Å². The number of halogens is 1. The maximum atomic E-state index is 6.13. The molecule has 17 heavy (non-hydrogen) atoms. The zero-order valence-corrected chi connectivity index (χ0v) is 10.7. The third-order valence-electron chi connectivity index (χ3n) is 2.84. The molecule has 0 atom stereocenters. The van der Waals surface area contributed by atoms with E-state index in [4.69, 9.17) is 17.3 Å². The van der Waals surface area contributed by atoms with Crippen LogP contribution in [0.2, 0.25) is 5.02 Å². The first-order chi connectivity index (χ1) is 8.20. The molecule has 0 bridgehead atoms. The number of aryl methyl sites for hydroxylation is 1. The molecule has 0 fully saturated rings. The van der Waals surface area contributed by atoms with Gasteiger partial charge in [-0.3, -0.25) is 0 Å².